The van der Waals surface area contributed by atoms with Crippen LogP contribution in [0.25, 0.3) is 0 Å². The van der Waals surface area contributed by atoms with E-state index >= 15 is 0 Å². The molecule has 0 atom stereocenters. The van der Waals surface area contributed by atoms with Crippen molar-refractivity contribution in [3.8, 4) is 6.07 Å². The average molecular weight is 279 g/mol. The van der Waals surface area contributed by atoms with E-state index < -0.39 is 0 Å². The van der Waals surface area contributed by atoms with Gasteiger partial charge < -0.3 is 15.5 Å². The highest BCUT2D eigenvalue weighted by Crippen LogP contribution is 2.24. The lowest BCUT2D eigenvalue weighted by atomic mass is 10.2. The molecule has 21 heavy (non-hydrogen) atoms. The number of hydrogen-bond acceptors (Lipinski definition) is 5. The van der Waals surface area contributed by atoms with Crippen molar-refractivity contribution in [1.82, 2.24) is 4.98 Å². The minimum Gasteiger partial charge on any atom is -0.397 e. The van der Waals surface area contributed by atoms with E-state index in [-0.39, 0.29) is 0 Å². The number of nitrogens with two attached hydrogens (primary N) is 1. The number of rotatable bonds is 2. The zero-order valence-corrected chi connectivity index (χ0v) is 11.7. The van der Waals surface area contributed by atoms with Crippen molar-refractivity contribution in [1.29, 1.82) is 5.26 Å². The van der Waals surface area contributed by atoms with E-state index in [9.17, 15) is 0 Å². The second-order valence-electron chi connectivity index (χ2n) is 5.05. The normalized spacial score (nSPS) is 14.8. The molecule has 1 aliphatic heterocycles. The van der Waals surface area contributed by atoms with Crippen LogP contribution in [0.2, 0.25) is 0 Å². The van der Waals surface area contributed by atoms with E-state index in [2.05, 4.69) is 26.9 Å². The minimum absolute atomic E-state index is 0.592. The highest BCUT2D eigenvalue weighted by molar-refractivity contribution is 5.67. The first kappa shape index (κ1) is 13.3. The Morgan fingerprint density at radius 1 is 1.00 bits per heavy atom. The Morgan fingerprint density at radius 3 is 2.33 bits per heavy atom. The summed E-state index contributed by atoms with van der Waals surface area (Å²) >= 11 is 0. The van der Waals surface area contributed by atoms with Gasteiger partial charge >= 0.3 is 0 Å². The van der Waals surface area contributed by atoms with Gasteiger partial charge in [-0.05, 0) is 24.3 Å². The summed E-state index contributed by atoms with van der Waals surface area (Å²) in [5.74, 6) is 0.926. The molecule has 0 radical (unpaired) electrons. The van der Waals surface area contributed by atoms with Crippen molar-refractivity contribution >= 4 is 17.2 Å². The SMILES string of the molecule is N#Cc1ccc(N2CCN(c3ccccc3N)CC2)nc1. The highest BCUT2D eigenvalue weighted by atomic mass is 15.3. The second-order valence-corrected chi connectivity index (χ2v) is 5.05. The monoisotopic (exact) mass is 279 g/mol. The van der Waals surface area contributed by atoms with Gasteiger partial charge in [0.25, 0.3) is 0 Å². The predicted octanol–water partition coefficient (Wildman–Crippen LogP) is 1.86. The van der Waals surface area contributed by atoms with Gasteiger partial charge in [0.1, 0.15) is 11.9 Å². The van der Waals surface area contributed by atoms with E-state index in [1.54, 1.807) is 6.20 Å². The van der Waals surface area contributed by atoms with E-state index in [1.165, 1.54) is 0 Å². The molecule has 1 aromatic heterocycles. The fraction of sp³-hybridized carbons (Fsp3) is 0.250. The molecule has 1 aromatic carbocycles. The number of nitrogens with zero attached hydrogens (tertiary/aromatic N) is 4. The maximum absolute atomic E-state index is 8.80. The number of aromatic nitrogens is 1. The summed E-state index contributed by atoms with van der Waals surface area (Å²) < 4.78 is 0. The number of nitrogen functional groups attached to an aromatic ring is 1. The molecular weight excluding hydrogens is 262 g/mol. The van der Waals surface area contributed by atoms with Crippen molar-refractivity contribution in [2.24, 2.45) is 0 Å². The summed E-state index contributed by atoms with van der Waals surface area (Å²) in [6, 6.07) is 13.8. The maximum atomic E-state index is 8.80. The van der Waals surface area contributed by atoms with Gasteiger partial charge in [0.2, 0.25) is 0 Å². The largest absolute Gasteiger partial charge is 0.397 e. The van der Waals surface area contributed by atoms with E-state index in [0.29, 0.717) is 5.56 Å². The quantitative estimate of drug-likeness (QED) is 0.850. The van der Waals surface area contributed by atoms with Gasteiger partial charge in [0.05, 0.1) is 16.9 Å². The van der Waals surface area contributed by atoms with Gasteiger partial charge in [0.15, 0.2) is 0 Å². The summed E-state index contributed by atoms with van der Waals surface area (Å²) in [5, 5.41) is 8.80. The molecule has 5 nitrogen and oxygen atoms in total. The lowest BCUT2D eigenvalue weighted by molar-refractivity contribution is 0.648. The average Bonchev–Trinajstić information content (AvgIpc) is 2.56. The standard InChI is InChI=1S/C16H17N5/c17-11-13-5-6-16(19-12-13)21-9-7-20(8-10-21)15-4-2-1-3-14(15)18/h1-6,12H,7-10,18H2. The Hall–Kier alpha value is -2.74. The topological polar surface area (TPSA) is 69.2 Å². The molecule has 0 amide bonds. The molecular formula is C16H17N5. The molecule has 2 heterocycles. The van der Waals surface area contributed by atoms with Gasteiger partial charge in [-0.15, -0.1) is 0 Å². The molecule has 0 aliphatic carbocycles. The van der Waals surface area contributed by atoms with Crippen LogP contribution < -0.4 is 15.5 Å². The summed E-state index contributed by atoms with van der Waals surface area (Å²) in [6.45, 7) is 3.62. The number of nitriles is 1. The second kappa shape index (κ2) is 5.71. The van der Waals surface area contributed by atoms with E-state index in [1.807, 2.05) is 30.3 Å². The third kappa shape index (κ3) is 2.75. The molecule has 5 heteroatoms. The first-order valence-electron chi connectivity index (χ1n) is 6.98. The lowest BCUT2D eigenvalue weighted by Crippen LogP contribution is -2.47. The zero-order valence-electron chi connectivity index (χ0n) is 11.7. The Balaban J connectivity index is 1.67. The van der Waals surface area contributed by atoms with E-state index in [0.717, 1.165) is 43.4 Å². The van der Waals surface area contributed by atoms with Crippen LogP contribution in [0.3, 0.4) is 0 Å². The zero-order chi connectivity index (χ0) is 14.7. The van der Waals surface area contributed by atoms with Crippen molar-refractivity contribution in [2.75, 3.05) is 41.7 Å². The third-order valence-electron chi connectivity index (χ3n) is 3.76. The van der Waals surface area contributed by atoms with Gasteiger partial charge in [-0.25, -0.2) is 4.98 Å². The van der Waals surface area contributed by atoms with Crippen LogP contribution in [0.4, 0.5) is 17.2 Å². The number of pyridine rings is 1. The smallest absolute Gasteiger partial charge is 0.128 e. The molecule has 2 aromatic rings. The molecule has 0 saturated carbocycles. The summed E-state index contributed by atoms with van der Waals surface area (Å²) in [4.78, 5) is 8.88. The molecule has 0 bridgehead atoms. The van der Waals surface area contributed by atoms with Crippen molar-refractivity contribution in [3.05, 3.63) is 48.2 Å². The van der Waals surface area contributed by atoms with E-state index in [4.69, 9.17) is 11.0 Å². The van der Waals surface area contributed by atoms with Crippen LogP contribution in [0, 0.1) is 11.3 Å². The third-order valence-corrected chi connectivity index (χ3v) is 3.76. The van der Waals surface area contributed by atoms with Crippen LogP contribution in [-0.2, 0) is 0 Å². The molecule has 1 fully saturated rings. The van der Waals surface area contributed by atoms with Crippen LogP contribution in [0.5, 0.6) is 0 Å². The Morgan fingerprint density at radius 2 is 1.71 bits per heavy atom. The maximum Gasteiger partial charge on any atom is 0.128 e. The fourth-order valence-corrected chi connectivity index (χ4v) is 2.59. The van der Waals surface area contributed by atoms with Crippen LogP contribution in [0.1, 0.15) is 5.56 Å². The number of benzene rings is 1. The van der Waals surface area contributed by atoms with Gasteiger partial charge in [-0.2, -0.15) is 5.26 Å². The number of hydrogen-bond donors (Lipinski definition) is 1. The van der Waals surface area contributed by atoms with Crippen molar-refractivity contribution in [2.45, 2.75) is 0 Å². The molecule has 106 valence electrons. The van der Waals surface area contributed by atoms with Crippen molar-refractivity contribution < 1.29 is 0 Å². The molecule has 0 unspecified atom stereocenters. The van der Waals surface area contributed by atoms with Crippen LogP contribution in [-0.4, -0.2) is 31.2 Å². The minimum atomic E-state index is 0.592. The number of piperazine rings is 1. The molecule has 1 aliphatic rings. The molecule has 0 spiro atoms. The van der Waals surface area contributed by atoms with Gasteiger partial charge in [-0.1, -0.05) is 12.1 Å². The lowest BCUT2D eigenvalue weighted by Gasteiger charge is -2.37. The van der Waals surface area contributed by atoms with Crippen molar-refractivity contribution in [3.63, 3.8) is 0 Å². The van der Waals surface area contributed by atoms with Gasteiger partial charge in [0, 0.05) is 32.4 Å². The summed E-state index contributed by atoms with van der Waals surface area (Å²) in [6.07, 6.45) is 1.62. The molecule has 2 N–H and O–H groups in total. The highest BCUT2D eigenvalue weighted by Gasteiger charge is 2.19. The molecule has 1 saturated heterocycles. The molecule has 3 rings (SSSR count). The summed E-state index contributed by atoms with van der Waals surface area (Å²) in [7, 11) is 0. The number of anilines is 3. The Bertz CT molecular complexity index is 651. The first-order chi connectivity index (χ1) is 10.3. The van der Waals surface area contributed by atoms with Crippen LogP contribution in [0.15, 0.2) is 42.6 Å². The first-order valence-corrected chi connectivity index (χ1v) is 6.98. The fourth-order valence-electron chi connectivity index (χ4n) is 2.59. The Kier molecular flexibility index (Phi) is 3.61. The number of para-hydroxylation sites is 2. The predicted molar refractivity (Wildman–Crippen MR) is 84.2 cm³/mol. The summed E-state index contributed by atoms with van der Waals surface area (Å²) in [5.41, 5.74) is 8.55. The van der Waals surface area contributed by atoms with Crippen LogP contribution >= 0.6 is 0 Å². The van der Waals surface area contributed by atoms with Gasteiger partial charge in [-0.3, -0.25) is 0 Å². The Labute approximate surface area is 124 Å².